The summed E-state index contributed by atoms with van der Waals surface area (Å²) in [6.45, 7) is 6.93. The Morgan fingerprint density at radius 2 is 2.11 bits per heavy atom. The standard InChI is InChI=1S/C9H16N2.C7H9N/c1-3-8(10)9-6-7(2)4-5-11-9;1-8-7-5-3-2-4-6-7/h3,7,11H,1,4-6,10H2,2H3;2-6,8H,1H3/b9-8+;. The maximum atomic E-state index is 5.71. The number of para-hydroxylation sites is 1. The van der Waals surface area contributed by atoms with Gasteiger partial charge in [-0.05, 0) is 37.0 Å². The van der Waals surface area contributed by atoms with Crippen LogP contribution in [-0.4, -0.2) is 13.6 Å². The van der Waals surface area contributed by atoms with Crippen LogP contribution in [0.1, 0.15) is 19.8 Å². The summed E-state index contributed by atoms with van der Waals surface area (Å²) in [5.74, 6) is 0.754. The largest absolute Gasteiger partial charge is 0.397 e. The average Bonchev–Trinajstić information content (AvgIpc) is 2.48. The number of benzene rings is 1. The van der Waals surface area contributed by atoms with Crippen molar-refractivity contribution in [3.63, 3.8) is 0 Å². The third-order valence-corrected chi connectivity index (χ3v) is 3.16. The Morgan fingerprint density at radius 1 is 1.42 bits per heavy atom. The van der Waals surface area contributed by atoms with E-state index < -0.39 is 0 Å². The normalized spacial score (nSPS) is 20.4. The van der Waals surface area contributed by atoms with E-state index in [1.54, 1.807) is 6.08 Å². The lowest BCUT2D eigenvalue weighted by molar-refractivity contribution is 0.447. The van der Waals surface area contributed by atoms with Crippen LogP contribution in [0.2, 0.25) is 0 Å². The Labute approximate surface area is 116 Å². The first-order chi connectivity index (χ1) is 9.17. The van der Waals surface area contributed by atoms with E-state index in [9.17, 15) is 0 Å². The maximum absolute atomic E-state index is 5.71. The summed E-state index contributed by atoms with van der Waals surface area (Å²) >= 11 is 0. The average molecular weight is 259 g/mol. The van der Waals surface area contributed by atoms with E-state index in [1.165, 1.54) is 12.1 Å². The number of nitrogens with two attached hydrogens (primary N) is 1. The van der Waals surface area contributed by atoms with Crippen LogP contribution < -0.4 is 16.4 Å². The molecule has 0 spiro atoms. The molecule has 0 radical (unpaired) electrons. The molecule has 0 amide bonds. The van der Waals surface area contributed by atoms with Crippen molar-refractivity contribution in [3.8, 4) is 0 Å². The zero-order valence-electron chi connectivity index (χ0n) is 11.9. The van der Waals surface area contributed by atoms with Crippen LogP contribution in [0.4, 0.5) is 5.69 Å². The maximum Gasteiger partial charge on any atom is 0.0501 e. The first-order valence-corrected chi connectivity index (χ1v) is 6.75. The van der Waals surface area contributed by atoms with E-state index in [0.29, 0.717) is 0 Å². The zero-order valence-corrected chi connectivity index (χ0v) is 11.9. The minimum absolute atomic E-state index is 0.754. The number of anilines is 1. The van der Waals surface area contributed by atoms with Gasteiger partial charge in [0.15, 0.2) is 0 Å². The monoisotopic (exact) mass is 259 g/mol. The van der Waals surface area contributed by atoms with Gasteiger partial charge in [0.1, 0.15) is 0 Å². The van der Waals surface area contributed by atoms with Crippen LogP contribution in [0.3, 0.4) is 0 Å². The van der Waals surface area contributed by atoms with E-state index in [1.807, 2.05) is 37.4 Å². The lowest BCUT2D eigenvalue weighted by atomic mass is 9.97. The van der Waals surface area contributed by atoms with Gasteiger partial charge in [0.25, 0.3) is 0 Å². The van der Waals surface area contributed by atoms with E-state index in [2.05, 4.69) is 24.1 Å². The summed E-state index contributed by atoms with van der Waals surface area (Å²) in [5.41, 5.74) is 8.84. The van der Waals surface area contributed by atoms with Gasteiger partial charge in [-0.25, -0.2) is 0 Å². The highest BCUT2D eigenvalue weighted by Crippen LogP contribution is 2.18. The highest BCUT2D eigenvalue weighted by Gasteiger charge is 2.12. The molecule has 1 aromatic rings. The quantitative estimate of drug-likeness (QED) is 0.765. The Bertz CT molecular complexity index is 409. The Kier molecular flexibility index (Phi) is 6.58. The molecule has 4 N–H and O–H groups in total. The highest BCUT2D eigenvalue weighted by molar-refractivity contribution is 5.41. The fraction of sp³-hybridized carbons (Fsp3) is 0.375. The van der Waals surface area contributed by atoms with Gasteiger partial charge in [0.2, 0.25) is 0 Å². The summed E-state index contributed by atoms with van der Waals surface area (Å²) in [4.78, 5) is 0. The molecule has 1 unspecified atom stereocenters. The number of rotatable bonds is 2. The molecule has 0 aromatic heterocycles. The molecule has 1 saturated heterocycles. The predicted molar refractivity (Wildman–Crippen MR) is 83.8 cm³/mol. The third-order valence-electron chi connectivity index (χ3n) is 3.16. The molecule has 104 valence electrons. The van der Waals surface area contributed by atoms with Gasteiger partial charge in [-0.1, -0.05) is 31.7 Å². The van der Waals surface area contributed by atoms with Crippen molar-refractivity contribution in [2.24, 2.45) is 11.7 Å². The first-order valence-electron chi connectivity index (χ1n) is 6.75. The smallest absolute Gasteiger partial charge is 0.0501 e. The van der Waals surface area contributed by atoms with Crippen molar-refractivity contribution in [1.29, 1.82) is 0 Å². The number of piperidine rings is 1. The number of nitrogens with one attached hydrogen (secondary N) is 2. The fourth-order valence-corrected chi connectivity index (χ4v) is 1.94. The van der Waals surface area contributed by atoms with Crippen molar-refractivity contribution in [2.45, 2.75) is 19.8 Å². The number of hydrogen-bond acceptors (Lipinski definition) is 3. The fourth-order valence-electron chi connectivity index (χ4n) is 1.94. The molecule has 3 heteroatoms. The molecule has 1 heterocycles. The molecule has 0 saturated carbocycles. The van der Waals surface area contributed by atoms with Crippen molar-refractivity contribution in [3.05, 3.63) is 54.4 Å². The molecule has 0 bridgehead atoms. The minimum Gasteiger partial charge on any atom is -0.397 e. The first kappa shape index (κ1) is 15.2. The van der Waals surface area contributed by atoms with Crippen LogP contribution in [0.25, 0.3) is 0 Å². The molecule has 1 aliphatic rings. The highest BCUT2D eigenvalue weighted by atomic mass is 14.9. The Balaban J connectivity index is 0.000000200. The lowest BCUT2D eigenvalue weighted by Crippen LogP contribution is -2.27. The molecule has 1 aliphatic heterocycles. The van der Waals surface area contributed by atoms with Crippen molar-refractivity contribution in [1.82, 2.24) is 5.32 Å². The second-order valence-electron chi connectivity index (χ2n) is 4.78. The lowest BCUT2D eigenvalue weighted by Gasteiger charge is -2.23. The molecule has 0 aliphatic carbocycles. The SMILES string of the molecule is C=C/C(N)=C1/CC(C)CCN1.CNc1ccccc1. The van der Waals surface area contributed by atoms with Crippen LogP contribution in [-0.2, 0) is 0 Å². The van der Waals surface area contributed by atoms with E-state index in [-0.39, 0.29) is 0 Å². The molecule has 1 atom stereocenters. The summed E-state index contributed by atoms with van der Waals surface area (Å²) in [5, 5.41) is 6.31. The Hall–Kier alpha value is -1.90. The van der Waals surface area contributed by atoms with Crippen LogP contribution in [0.15, 0.2) is 54.4 Å². The van der Waals surface area contributed by atoms with Crippen LogP contribution >= 0.6 is 0 Å². The molecular formula is C16H25N3. The van der Waals surface area contributed by atoms with Crippen molar-refractivity contribution < 1.29 is 0 Å². The summed E-state index contributed by atoms with van der Waals surface area (Å²) in [7, 11) is 1.91. The van der Waals surface area contributed by atoms with Gasteiger partial charge in [-0.15, -0.1) is 0 Å². The number of allylic oxidation sites excluding steroid dienone is 2. The van der Waals surface area contributed by atoms with Crippen molar-refractivity contribution >= 4 is 5.69 Å². The summed E-state index contributed by atoms with van der Waals surface area (Å²) in [6.07, 6.45) is 4.02. The molecule has 1 aromatic carbocycles. The summed E-state index contributed by atoms with van der Waals surface area (Å²) < 4.78 is 0. The van der Waals surface area contributed by atoms with E-state index in [0.717, 1.165) is 30.3 Å². The van der Waals surface area contributed by atoms with Gasteiger partial charge in [-0.3, -0.25) is 0 Å². The zero-order chi connectivity index (χ0) is 14.1. The van der Waals surface area contributed by atoms with E-state index in [4.69, 9.17) is 5.73 Å². The third kappa shape index (κ3) is 5.51. The predicted octanol–water partition coefficient (Wildman–Crippen LogP) is 3.09. The Morgan fingerprint density at radius 3 is 2.58 bits per heavy atom. The van der Waals surface area contributed by atoms with Crippen molar-refractivity contribution in [2.75, 3.05) is 18.9 Å². The second kappa shape index (κ2) is 8.25. The molecule has 3 nitrogen and oxygen atoms in total. The molecule has 2 rings (SSSR count). The molecular weight excluding hydrogens is 234 g/mol. The van der Waals surface area contributed by atoms with E-state index >= 15 is 0 Å². The van der Waals surface area contributed by atoms with Crippen LogP contribution in [0.5, 0.6) is 0 Å². The van der Waals surface area contributed by atoms with Gasteiger partial charge >= 0.3 is 0 Å². The van der Waals surface area contributed by atoms with Gasteiger partial charge in [-0.2, -0.15) is 0 Å². The van der Waals surface area contributed by atoms with Gasteiger partial charge in [0, 0.05) is 25.0 Å². The summed E-state index contributed by atoms with van der Waals surface area (Å²) in [6, 6.07) is 10.1. The minimum atomic E-state index is 0.754. The topological polar surface area (TPSA) is 50.1 Å². The van der Waals surface area contributed by atoms with Crippen LogP contribution in [0, 0.1) is 5.92 Å². The molecule has 19 heavy (non-hydrogen) atoms. The van der Waals surface area contributed by atoms with Gasteiger partial charge < -0.3 is 16.4 Å². The second-order valence-corrected chi connectivity index (χ2v) is 4.78. The molecule has 1 fully saturated rings. The van der Waals surface area contributed by atoms with Gasteiger partial charge in [0.05, 0.1) is 5.70 Å². The number of hydrogen-bond donors (Lipinski definition) is 3.